The number of thiophene rings is 2. The molecule has 0 fully saturated rings. The van der Waals surface area contributed by atoms with Gasteiger partial charge < -0.3 is 13.6 Å². The van der Waals surface area contributed by atoms with Crippen molar-refractivity contribution < 1.29 is 4.42 Å². The molecular formula is C68H36N4OS2. The molecule has 0 spiro atoms. The molecule has 75 heavy (non-hydrogen) atoms. The van der Waals surface area contributed by atoms with E-state index in [9.17, 15) is 11.8 Å². The molecule has 0 saturated carbocycles. The van der Waals surface area contributed by atoms with Crippen molar-refractivity contribution in [2.75, 3.05) is 0 Å². The third-order valence-corrected chi connectivity index (χ3v) is 17.8. The van der Waals surface area contributed by atoms with Crippen LogP contribution in [0.3, 0.4) is 0 Å². The summed E-state index contributed by atoms with van der Waals surface area (Å²) in [6.45, 7) is 9.59. The van der Waals surface area contributed by atoms with Gasteiger partial charge in [0, 0.05) is 74.4 Å². The van der Waals surface area contributed by atoms with Crippen molar-refractivity contribution in [2.24, 2.45) is 0 Å². The summed E-state index contributed by atoms with van der Waals surface area (Å²) in [5.74, 6) is 0. The van der Waals surface area contributed by atoms with Crippen LogP contribution in [0.25, 0.3) is 155 Å². The second kappa shape index (κ2) is 15.9. The van der Waals surface area contributed by atoms with Crippen LogP contribution in [0.5, 0.6) is 0 Å². The van der Waals surface area contributed by atoms with Crippen LogP contribution in [-0.4, -0.2) is 9.13 Å². The quantitative estimate of drug-likeness (QED) is 0.161. The summed E-state index contributed by atoms with van der Waals surface area (Å²) < 4.78 is 16.5. The fraction of sp³-hybridized carbons (Fsp3) is 0. The summed E-state index contributed by atoms with van der Waals surface area (Å²) in [6, 6.07) is 79.5. The van der Waals surface area contributed by atoms with E-state index in [-0.39, 0.29) is 0 Å². The highest BCUT2D eigenvalue weighted by molar-refractivity contribution is 7.27. The molecule has 11 aromatic carbocycles. The first-order valence-corrected chi connectivity index (χ1v) is 26.6. The second-order valence-corrected chi connectivity index (χ2v) is 21.3. The Morgan fingerprint density at radius 2 is 0.920 bits per heavy atom. The number of aromatic nitrogens is 2. The number of hydrogen-bond donors (Lipinski definition) is 0. The Kier molecular flexibility index (Phi) is 8.85. The molecule has 0 aliphatic heterocycles. The van der Waals surface area contributed by atoms with E-state index in [4.69, 9.17) is 4.42 Å². The number of nitriles is 1. The van der Waals surface area contributed by atoms with Crippen molar-refractivity contribution in [2.45, 2.75) is 0 Å². The Balaban J connectivity index is 1.20. The number of para-hydroxylation sites is 1. The first kappa shape index (κ1) is 41.8. The lowest BCUT2D eigenvalue weighted by Gasteiger charge is -2.26. The Morgan fingerprint density at radius 3 is 1.52 bits per heavy atom. The minimum atomic E-state index is 0.397. The minimum Gasteiger partial charge on any atom is -0.454 e. The first-order chi connectivity index (χ1) is 37.2. The van der Waals surface area contributed by atoms with Crippen molar-refractivity contribution >= 4 is 134 Å². The van der Waals surface area contributed by atoms with E-state index in [1.807, 2.05) is 54.6 Å². The van der Waals surface area contributed by atoms with Crippen LogP contribution in [0.2, 0.25) is 0 Å². The summed E-state index contributed by atoms with van der Waals surface area (Å²) >= 11 is 3.59. The van der Waals surface area contributed by atoms with Crippen LogP contribution in [0, 0.1) is 17.9 Å². The van der Waals surface area contributed by atoms with Crippen molar-refractivity contribution in [3.05, 3.63) is 235 Å². The minimum absolute atomic E-state index is 0.397. The Labute approximate surface area is 436 Å². The number of furan rings is 1. The van der Waals surface area contributed by atoms with Crippen molar-refractivity contribution in [3.63, 3.8) is 0 Å². The maximum Gasteiger partial charge on any atom is 0.220 e. The van der Waals surface area contributed by atoms with Gasteiger partial charge >= 0.3 is 0 Å². The predicted molar refractivity (Wildman–Crippen MR) is 315 cm³/mol. The highest BCUT2D eigenvalue weighted by atomic mass is 32.1. The number of benzene rings is 11. The summed E-state index contributed by atoms with van der Waals surface area (Å²) in [7, 11) is 0. The van der Waals surface area contributed by atoms with Crippen LogP contribution in [0.4, 0.5) is 5.69 Å². The van der Waals surface area contributed by atoms with Crippen LogP contribution >= 0.6 is 22.7 Å². The molecule has 0 saturated heterocycles. The standard InChI is InChI=1S/C68H36N4OS2/c1-70-60-58(40-19-7-3-8-20-40)53(38-69)61(71-54-36-29-42(39-17-5-2-6-18-39)37-52(54)48-30-33-49-43-23-11-14-26-55(43)73-66(49)62(48)71)59(41-21-9-4-10-22-41)65(60)72-63-46(31-34-50-44-24-12-15-27-56(44)74-67(50)63)47-32-35-51-45-25-13-16-28-57(45)75-68(51)64(47)72/h2-37H. The molecule has 16 rings (SSSR count). The van der Waals surface area contributed by atoms with Crippen LogP contribution in [-0.2, 0) is 0 Å². The topological polar surface area (TPSA) is 51.1 Å². The summed E-state index contributed by atoms with van der Waals surface area (Å²) in [5, 5.41) is 23.1. The maximum absolute atomic E-state index is 12.2. The van der Waals surface area contributed by atoms with Gasteiger partial charge in [-0.05, 0) is 58.7 Å². The Morgan fingerprint density at radius 1 is 0.413 bits per heavy atom. The van der Waals surface area contributed by atoms with Gasteiger partial charge in [0.2, 0.25) is 5.69 Å². The van der Waals surface area contributed by atoms with Crippen molar-refractivity contribution in [3.8, 4) is 50.8 Å². The molecule has 0 atom stereocenters. The van der Waals surface area contributed by atoms with E-state index in [1.54, 1.807) is 22.7 Å². The highest BCUT2D eigenvalue weighted by Crippen LogP contribution is 2.55. The van der Waals surface area contributed by atoms with E-state index < -0.39 is 0 Å². The average molecular weight is 989 g/mol. The van der Waals surface area contributed by atoms with Gasteiger partial charge in [-0.3, -0.25) is 0 Å². The van der Waals surface area contributed by atoms with E-state index in [0.29, 0.717) is 28.2 Å². The van der Waals surface area contributed by atoms with Gasteiger partial charge in [0.1, 0.15) is 11.7 Å². The van der Waals surface area contributed by atoms with Crippen molar-refractivity contribution in [1.29, 1.82) is 5.26 Å². The van der Waals surface area contributed by atoms with Gasteiger partial charge in [-0.15, -0.1) is 22.7 Å². The molecular weight excluding hydrogens is 953 g/mol. The molecule has 0 aliphatic carbocycles. The lowest BCUT2D eigenvalue weighted by molar-refractivity contribution is 0.671. The number of nitrogens with zero attached hydrogens (tertiary/aromatic N) is 4. The zero-order valence-electron chi connectivity index (χ0n) is 39.8. The monoisotopic (exact) mass is 988 g/mol. The number of rotatable bonds is 5. The third-order valence-electron chi connectivity index (χ3n) is 15.4. The van der Waals surface area contributed by atoms with Crippen LogP contribution < -0.4 is 0 Å². The maximum atomic E-state index is 12.2. The fourth-order valence-electron chi connectivity index (χ4n) is 12.2. The SMILES string of the molecule is [C-]#[N+]c1c(-c2ccccc2)c(C#N)c(-n2c3ccc(-c4ccccc4)cc3c3ccc4c5ccccc5oc4c32)c(-c2ccccc2)c1-n1c2c(ccc3c4ccccc4sc32)c2ccc3c4ccccc4sc3c21. The molecule has 0 aliphatic rings. The number of hydrogen-bond acceptors (Lipinski definition) is 4. The molecule has 5 aromatic heterocycles. The first-order valence-electron chi connectivity index (χ1n) is 24.9. The zero-order valence-corrected chi connectivity index (χ0v) is 41.4. The highest BCUT2D eigenvalue weighted by Gasteiger charge is 2.34. The molecule has 16 aromatic rings. The smallest absolute Gasteiger partial charge is 0.220 e. The van der Waals surface area contributed by atoms with Gasteiger partial charge in [-0.2, -0.15) is 5.26 Å². The van der Waals surface area contributed by atoms with Gasteiger partial charge in [-0.25, -0.2) is 4.85 Å². The molecule has 0 bridgehead atoms. The Bertz CT molecular complexity index is 5070. The van der Waals surface area contributed by atoms with E-state index in [2.05, 4.69) is 184 Å². The molecule has 0 N–H and O–H groups in total. The van der Waals surface area contributed by atoms with Gasteiger partial charge in [-0.1, -0.05) is 182 Å². The normalized spacial score (nSPS) is 12.0. The summed E-state index contributed by atoms with van der Waals surface area (Å²) in [5.41, 5.74) is 12.7. The van der Waals surface area contributed by atoms with Gasteiger partial charge in [0.05, 0.1) is 55.0 Å². The Hall–Kier alpha value is -9.76. The van der Waals surface area contributed by atoms with E-state index >= 15 is 0 Å². The molecule has 5 heterocycles. The largest absolute Gasteiger partial charge is 0.454 e. The average Bonchev–Trinajstić information content (AvgIpc) is 4.31. The molecule has 0 radical (unpaired) electrons. The third kappa shape index (κ3) is 5.79. The molecule has 0 unspecified atom stereocenters. The van der Waals surface area contributed by atoms with Crippen LogP contribution in [0.1, 0.15) is 5.56 Å². The molecule has 7 heteroatoms. The van der Waals surface area contributed by atoms with Gasteiger partial charge in [0.15, 0.2) is 5.58 Å². The predicted octanol–water partition coefficient (Wildman–Crippen LogP) is 19.9. The number of fused-ring (bicyclic) bond motifs is 18. The van der Waals surface area contributed by atoms with Crippen molar-refractivity contribution in [1.82, 2.24) is 9.13 Å². The van der Waals surface area contributed by atoms with E-state index in [0.717, 1.165) is 114 Å². The lowest BCUT2D eigenvalue weighted by atomic mass is 9.88. The molecule has 0 amide bonds. The summed E-state index contributed by atoms with van der Waals surface area (Å²) in [6.07, 6.45) is 0. The zero-order chi connectivity index (χ0) is 49.5. The molecule has 5 nitrogen and oxygen atoms in total. The second-order valence-electron chi connectivity index (χ2n) is 19.2. The van der Waals surface area contributed by atoms with Crippen LogP contribution in [0.15, 0.2) is 223 Å². The lowest BCUT2D eigenvalue weighted by Crippen LogP contribution is -2.09. The van der Waals surface area contributed by atoms with Gasteiger partial charge in [0.25, 0.3) is 0 Å². The fourth-order valence-corrected chi connectivity index (χ4v) is 14.7. The molecule has 346 valence electrons. The summed E-state index contributed by atoms with van der Waals surface area (Å²) in [4.78, 5) is 4.68. The van der Waals surface area contributed by atoms with E-state index in [1.165, 1.54) is 20.2 Å².